The molecule has 8 heteroatoms. The van der Waals surface area contributed by atoms with Crippen LogP contribution in [0.15, 0.2) is 58.4 Å². The molecule has 0 spiro atoms. The molecule has 0 atom stereocenters. The number of aromatic amines is 1. The van der Waals surface area contributed by atoms with E-state index in [1.807, 2.05) is 30.5 Å². The third-order valence-corrected chi connectivity index (χ3v) is 6.73. The molecule has 26 heavy (non-hydrogen) atoms. The van der Waals surface area contributed by atoms with Gasteiger partial charge in [0.1, 0.15) is 0 Å². The number of fused-ring (bicyclic) bond motifs is 2. The van der Waals surface area contributed by atoms with Crippen molar-refractivity contribution in [2.45, 2.75) is 11.3 Å². The maximum atomic E-state index is 12.6. The summed E-state index contributed by atoms with van der Waals surface area (Å²) in [6.07, 6.45) is 2.48. The van der Waals surface area contributed by atoms with E-state index in [0.29, 0.717) is 11.8 Å². The molecule has 0 saturated heterocycles. The Hall–Kier alpha value is -2.42. The second-order valence-electron chi connectivity index (χ2n) is 6.06. The molecule has 0 bridgehead atoms. The summed E-state index contributed by atoms with van der Waals surface area (Å²) in [5.74, 6) is 0. The molecule has 0 unspecified atom stereocenters. The molecule has 0 saturated carbocycles. The van der Waals surface area contributed by atoms with E-state index in [4.69, 9.17) is 0 Å². The van der Waals surface area contributed by atoms with Crippen molar-refractivity contribution < 1.29 is 8.42 Å². The van der Waals surface area contributed by atoms with Gasteiger partial charge >= 0.3 is 0 Å². The Morgan fingerprint density at radius 1 is 1.15 bits per heavy atom. The fraction of sp³-hybridized carbons (Fsp3) is 0.167. The number of para-hydroxylation sites is 1. The molecule has 6 nitrogen and oxygen atoms in total. The highest BCUT2D eigenvalue weighted by Gasteiger charge is 2.16. The first-order valence-electron chi connectivity index (χ1n) is 8.10. The number of benzene rings is 2. The van der Waals surface area contributed by atoms with Crippen molar-refractivity contribution in [3.05, 3.63) is 63.8 Å². The van der Waals surface area contributed by atoms with Crippen molar-refractivity contribution >= 4 is 43.4 Å². The highest BCUT2D eigenvalue weighted by Crippen LogP contribution is 2.20. The average molecular weight is 387 g/mol. The quantitative estimate of drug-likeness (QED) is 0.552. The van der Waals surface area contributed by atoms with Crippen molar-refractivity contribution in [1.29, 1.82) is 0 Å². The molecule has 2 N–H and O–H groups in total. The van der Waals surface area contributed by atoms with Gasteiger partial charge in [-0.15, -0.1) is 0 Å². The summed E-state index contributed by atoms with van der Waals surface area (Å²) in [4.78, 5) is 15.2. The predicted molar refractivity (Wildman–Crippen MR) is 104 cm³/mol. The van der Waals surface area contributed by atoms with Crippen LogP contribution in [0.3, 0.4) is 0 Å². The summed E-state index contributed by atoms with van der Waals surface area (Å²) < 4.78 is 29.3. The molecule has 0 amide bonds. The van der Waals surface area contributed by atoms with Gasteiger partial charge in [0.2, 0.25) is 10.0 Å². The molecule has 0 aliphatic rings. The Kier molecular flexibility index (Phi) is 4.18. The molecule has 4 rings (SSSR count). The molecule has 2 heterocycles. The normalized spacial score (nSPS) is 12.2. The van der Waals surface area contributed by atoms with E-state index in [1.165, 1.54) is 12.1 Å². The van der Waals surface area contributed by atoms with Crippen LogP contribution in [0, 0.1) is 0 Å². The Morgan fingerprint density at radius 3 is 2.81 bits per heavy atom. The summed E-state index contributed by atoms with van der Waals surface area (Å²) in [6, 6.07) is 12.6. The van der Waals surface area contributed by atoms with Crippen LogP contribution in [0.5, 0.6) is 0 Å². The summed E-state index contributed by atoms with van der Waals surface area (Å²) in [5.41, 5.74) is 2.83. The predicted octanol–water partition coefficient (Wildman–Crippen LogP) is 2.60. The number of aromatic nitrogens is 2. The Labute approximate surface area is 154 Å². The van der Waals surface area contributed by atoms with Gasteiger partial charge in [0, 0.05) is 30.7 Å². The maximum Gasteiger partial charge on any atom is 0.257 e. The second-order valence-corrected chi connectivity index (χ2v) is 8.93. The standard InChI is InChI=1S/C18H17N3O3S2/c1-21-17-7-6-13(10-15(17)18(22)25-21)26(23,24)20-9-8-12-11-19-16-5-3-2-4-14(12)16/h2-7,10-11,19-20H,8-9H2,1H3. The SMILES string of the molecule is Cn1sc(=O)c2cc(S(=O)(=O)NCCc3c[nH]c4ccccc34)ccc21. The van der Waals surface area contributed by atoms with E-state index in [-0.39, 0.29) is 16.2 Å². The molecule has 0 aliphatic carbocycles. The summed E-state index contributed by atoms with van der Waals surface area (Å²) in [5, 5.41) is 1.52. The number of hydrogen-bond donors (Lipinski definition) is 2. The number of hydrogen-bond acceptors (Lipinski definition) is 4. The molecule has 0 aliphatic heterocycles. The number of H-pyrrole nitrogens is 1. The van der Waals surface area contributed by atoms with Gasteiger partial charge in [-0.25, -0.2) is 13.1 Å². The lowest BCUT2D eigenvalue weighted by Crippen LogP contribution is -2.26. The number of aryl methyl sites for hydroxylation is 1. The number of nitrogens with one attached hydrogen (secondary N) is 2. The van der Waals surface area contributed by atoms with Crippen molar-refractivity contribution in [2.75, 3.05) is 6.54 Å². The third-order valence-electron chi connectivity index (χ3n) is 4.42. The van der Waals surface area contributed by atoms with Crippen LogP contribution < -0.4 is 9.46 Å². The van der Waals surface area contributed by atoms with E-state index < -0.39 is 10.0 Å². The molecular weight excluding hydrogens is 370 g/mol. The highest BCUT2D eigenvalue weighted by atomic mass is 32.2. The van der Waals surface area contributed by atoms with E-state index in [0.717, 1.165) is 33.5 Å². The van der Waals surface area contributed by atoms with E-state index >= 15 is 0 Å². The van der Waals surface area contributed by atoms with Gasteiger partial charge in [0.05, 0.1) is 15.8 Å². The van der Waals surface area contributed by atoms with Crippen molar-refractivity contribution in [2.24, 2.45) is 7.05 Å². The average Bonchev–Trinajstić information content (AvgIpc) is 3.16. The van der Waals surface area contributed by atoms with Crippen molar-refractivity contribution in [3.8, 4) is 0 Å². The van der Waals surface area contributed by atoms with Crippen molar-refractivity contribution in [3.63, 3.8) is 0 Å². The van der Waals surface area contributed by atoms with Gasteiger partial charge in [-0.2, -0.15) is 0 Å². The highest BCUT2D eigenvalue weighted by molar-refractivity contribution is 7.89. The van der Waals surface area contributed by atoms with Gasteiger partial charge in [-0.3, -0.25) is 8.75 Å². The fourth-order valence-electron chi connectivity index (χ4n) is 3.08. The Morgan fingerprint density at radius 2 is 1.96 bits per heavy atom. The molecule has 2 aromatic heterocycles. The van der Waals surface area contributed by atoms with E-state index in [9.17, 15) is 13.2 Å². The summed E-state index contributed by atoms with van der Waals surface area (Å²) >= 11 is 1.06. The zero-order valence-electron chi connectivity index (χ0n) is 14.0. The first-order valence-corrected chi connectivity index (χ1v) is 10.4. The first kappa shape index (κ1) is 17.0. The van der Waals surface area contributed by atoms with Gasteiger partial charge < -0.3 is 4.98 Å². The van der Waals surface area contributed by atoms with Crippen LogP contribution in [-0.4, -0.2) is 23.9 Å². The topological polar surface area (TPSA) is 84.0 Å². The van der Waals surface area contributed by atoms with Crippen LogP contribution in [0.25, 0.3) is 21.8 Å². The van der Waals surface area contributed by atoms with Gasteiger partial charge in [0.15, 0.2) is 0 Å². The van der Waals surface area contributed by atoms with E-state index in [1.54, 1.807) is 17.1 Å². The lowest BCUT2D eigenvalue weighted by atomic mass is 10.1. The van der Waals surface area contributed by atoms with Crippen LogP contribution in [0.1, 0.15) is 5.56 Å². The lowest BCUT2D eigenvalue weighted by molar-refractivity contribution is 0.582. The van der Waals surface area contributed by atoms with Gasteiger partial charge in [-0.05, 0) is 47.8 Å². The van der Waals surface area contributed by atoms with Crippen LogP contribution in [-0.2, 0) is 23.5 Å². The molecule has 0 radical (unpaired) electrons. The number of nitrogens with zero attached hydrogens (tertiary/aromatic N) is 1. The molecule has 0 fully saturated rings. The largest absolute Gasteiger partial charge is 0.361 e. The molecular formula is C18H17N3O3S2. The third kappa shape index (κ3) is 2.96. The zero-order chi connectivity index (χ0) is 18.3. The second kappa shape index (κ2) is 6.39. The van der Waals surface area contributed by atoms with Crippen LogP contribution in [0.4, 0.5) is 0 Å². The van der Waals surface area contributed by atoms with Gasteiger partial charge in [-0.1, -0.05) is 18.2 Å². The smallest absolute Gasteiger partial charge is 0.257 e. The first-order chi connectivity index (χ1) is 12.5. The van der Waals surface area contributed by atoms with E-state index in [2.05, 4.69) is 9.71 Å². The molecule has 2 aromatic carbocycles. The Bertz CT molecular complexity index is 1270. The monoisotopic (exact) mass is 387 g/mol. The fourth-order valence-corrected chi connectivity index (χ4v) is 4.91. The zero-order valence-corrected chi connectivity index (χ0v) is 15.7. The Balaban J connectivity index is 1.54. The van der Waals surface area contributed by atoms with Crippen LogP contribution >= 0.6 is 11.5 Å². The minimum Gasteiger partial charge on any atom is -0.361 e. The minimum atomic E-state index is -3.67. The number of rotatable bonds is 5. The van der Waals surface area contributed by atoms with Crippen molar-refractivity contribution in [1.82, 2.24) is 13.7 Å². The maximum absolute atomic E-state index is 12.6. The van der Waals surface area contributed by atoms with Crippen LogP contribution in [0.2, 0.25) is 0 Å². The summed E-state index contributed by atoms with van der Waals surface area (Å²) in [6.45, 7) is 0.282. The molecule has 134 valence electrons. The molecule has 4 aromatic rings. The van der Waals surface area contributed by atoms with Gasteiger partial charge in [0.25, 0.3) is 4.74 Å². The minimum absolute atomic E-state index is 0.111. The lowest BCUT2D eigenvalue weighted by Gasteiger charge is -2.07. The summed E-state index contributed by atoms with van der Waals surface area (Å²) in [7, 11) is -1.89. The number of sulfonamides is 1.